The number of rotatable bonds is 5. The summed E-state index contributed by atoms with van der Waals surface area (Å²) in [5, 5.41) is 2.97. The molecule has 1 saturated heterocycles. The molecule has 2 atom stereocenters. The van der Waals surface area contributed by atoms with Gasteiger partial charge in [-0.05, 0) is 43.4 Å². The van der Waals surface area contributed by atoms with Crippen molar-refractivity contribution in [1.29, 1.82) is 0 Å². The molecule has 1 N–H and O–H groups in total. The predicted octanol–water partition coefficient (Wildman–Crippen LogP) is 4.07. The lowest BCUT2D eigenvalue weighted by molar-refractivity contribution is -0.142. The summed E-state index contributed by atoms with van der Waals surface area (Å²) in [5.74, 6) is 0.934. The number of hydrogen-bond donors (Lipinski definition) is 1. The highest BCUT2D eigenvalue weighted by Crippen LogP contribution is 2.37. The van der Waals surface area contributed by atoms with Crippen molar-refractivity contribution in [3.05, 3.63) is 60.1 Å². The van der Waals surface area contributed by atoms with Crippen molar-refractivity contribution in [3.63, 3.8) is 0 Å². The zero-order valence-corrected chi connectivity index (χ0v) is 16.2. The van der Waals surface area contributed by atoms with Crippen molar-refractivity contribution in [2.75, 3.05) is 6.54 Å². The quantitative estimate of drug-likeness (QED) is 0.851. The highest BCUT2D eigenvalue weighted by atomic mass is 16.3. The highest BCUT2D eigenvalue weighted by Gasteiger charge is 2.38. The van der Waals surface area contributed by atoms with Crippen LogP contribution >= 0.6 is 0 Å². The summed E-state index contributed by atoms with van der Waals surface area (Å²) in [6.45, 7) is 0.889. The second-order valence-corrected chi connectivity index (χ2v) is 7.97. The molecule has 148 valence electrons. The number of carbonyl (C=O) groups excluding carboxylic acids is 2. The van der Waals surface area contributed by atoms with Crippen molar-refractivity contribution in [2.24, 2.45) is 11.8 Å². The topological polar surface area (TPSA) is 62.6 Å². The first-order chi connectivity index (χ1) is 13.7. The van der Waals surface area contributed by atoms with Gasteiger partial charge in [-0.25, -0.2) is 0 Å². The van der Waals surface area contributed by atoms with Gasteiger partial charge in [-0.2, -0.15) is 0 Å². The van der Waals surface area contributed by atoms with Gasteiger partial charge in [0.15, 0.2) is 0 Å². The van der Waals surface area contributed by atoms with E-state index < -0.39 is 0 Å². The molecule has 5 heteroatoms. The molecule has 0 radical (unpaired) electrons. The Hall–Kier alpha value is -2.56. The van der Waals surface area contributed by atoms with Gasteiger partial charge in [-0.3, -0.25) is 9.59 Å². The summed E-state index contributed by atoms with van der Waals surface area (Å²) in [7, 11) is 0. The average Bonchev–Trinajstić information content (AvgIpc) is 3.46. The van der Waals surface area contributed by atoms with E-state index in [1.54, 1.807) is 6.26 Å². The van der Waals surface area contributed by atoms with Crippen LogP contribution in [-0.2, 0) is 16.1 Å². The van der Waals surface area contributed by atoms with E-state index in [0.29, 0.717) is 13.1 Å². The van der Waals surface area contributed by atoms with E-state index in [1.165, 1.54) is 5.56 Å². The first-order valence-electron chi connectivity index (χ1n) is 10.4. The van der Waals surface area contributed by atoms with E-state index >= 15 is 0 Å². The Labute approximate surface area is 166 Å². The van der Waals surface area contributed by atoms with E-state index in [2.05, 4.69) is 17.4 Å². The van der Waals surface area contributed by atoms with E-state index in [1.807, 2.05) is 35.2 Å². The summed E-state index contributed by atoms with van der Waals surface area (Å²) in [6, 6.07) is 14.0. The molecule has 2 aromatic rings. The summed E-state index contributed by atoms with van der Waals surface area (Å²) in [6.07, 6.45) is 7.44. The third-order valence-electron chi connectivity index (χ3n) is 6.14. The first kappa shape index (κ1) is 18.8. The van der Waals surface area contributed by atoms with Crippen LogP contribution in [0.5, 0.6) is 0 Å². The number of amides is 2. The summed E-state index contributed by atoms with van der Waals surface area (Å²) < 4.78 is 5.29. The van der Waals surface area contributed by atoms with Crippen molar-refractivity contribution in [1.82, 2.24) is 10.2 Å². The second kappa shape index (κ2) is 8.63. The van der Waals surface area contributed by atoms with Gasteiger partial charge >= 0.3 is 0 Å². The van der Waals surface area contributed by atoms with Crippen LogP contribution in [0, 0.1) is 11.8 Å². The fourth-order valence-corrected chi connectivity index (χ4v) is 4.59. The van der Waals surface area contributed by atoms with Crippen molar-refractivity contribution >= 4 is 11.8 Å². The molecule has 1 aliphatic carbocycles. The molecule has 5 nitrogen and oxygen atoms in total. The lowest BCUT2D eigenvalue weighted by atomic mass is 9.87. The molecular weight excluding hydrogens is 352 g/mol. The van der Waals surface area contributed by atoms with Gasteiger partial charge in [-0.1, -0.05) is 43.2 Å². The summed E-state index contributed by atoms with van der Waals surface area (Å²) >= 11 is 0. The monoisotopic (exact) mass is 380 g/mol. The Kier molecular flexibility index (Phi) is 5.79. The van der Waals surface area contributed by atoms with E-state index in [9.17, 15) is 9.59 Å². The number of likely N-dealkylation sites (tertiary alicyclic amines) is 1. The first-order valence-corrected chi connectivity index (χ1v) is 10.4. The lowest BCUT2D eigenvalue weighted by Gasteiger charge is -2.40. The van der Waals surface area contributed by atoms with Gasteiger partial charge in [0, 0.05) is 12.5 Å². The third kappa shape index (κ3) is 4.13. The Bertz CT molecular complexity index is 781. The van der Waals surface area contributed by atoms with Gasteiger partial charge < -0.3 is 14.6 Å². The van der Waals surface area contributed by atoms with Crippen LogP contribution in [0.2, 0.25) is 0 Å². The number of nitrogens with one attached hydrogen (secondary N) is 1. The number of piperidine rings is 1. The summed E-state index contributed by atoms with van der Waals surface area (Å²) in [4.78, 5) is 28.0. The minimum Gasteiger partial charge on any atom is -0.467 e. The van der Waals surface area contributed by atoms with E-state index in [0.717, 1.165) is 44.3 Å². The molecular formula is C23H28N2O3. The molecule has 1 saturated carbocycles. The zero-order chi connectivity index (χ0) is 19.3. The van der Waals surface area contributed by atoms with Crippen molar-refractivity contribution in [3.8, 4) is 0 Å². The Balaban J connectivity index is 1.47. The maximum atomic E-state index is 13.3. The minimum absolute atomic E-state index is 0.00661. The second-order valence-electron chi connectivity index (χ2n) is 7.97. The van der Waals surface area contributed by atoms with Gasteiger partial charge in [0.25, 0.3) is 0 Å². The molecule has 0 spiro atoms. The molecule has 2 unspecified atom stereocenters. The van der Waals surface area contributed by atoms with Gasteiger partial charge in [-0.15, -0.1) is 0 Å². The van der Waals surface area contributed by atoms with Crippen LogP contribution < -0.4 is 5.32 Å². The Morgan fingerprint density at radius 3 is 2.46 bits per heavy atom. The molecule has 28 heavy (non-hydrogen) atoms. The van der Waals surface area contributed by atoms with Crippen LogP contribution in [-0.4, -0.2) is 23.3 Å². The van der Waals surface area contributed by atoms with E-state index in [4.69, 9.17) is 4.42 Å². The summed E-state index contributed by atoms with van der Waals surface area (Å²) in [5.41, 5.74) is 1.17. The lowest BCUT2D eigenvalue weighted by Crippen LogP contribution is -2.48. The van der Waals surface area contributed by atoms with Crippen LogP contribution in [0.1, 0.15) is 55.9 Å². The number of benzene rings is 1. The van der Waals surface area contributed by atoms with Crippen LogP contribution in [0.15, 0.2) is 53.1 Å². The highest BCUT2D eigenvalue weighted by molar-refractivity contribution is 5.83. The molecule has 2 fully saturated rings. The van der Waals surface area contributed by atoms with Crippen LogP contribution in [0.25, 0.3) is 0 Å². The maximum Gasteiger partial charge on any atom is 0.226 e. The molecule has 1 aromatic carbocycles. The molecule has 2 amide bonds. The van der Waals surface area contributed by atoms with E-state index in [-0.39, 0.29) is 29.7 Å². The van der Waals surface area contributed by atoms with Crippen LogP contribution in [0.3, 0.4) is 0 Å². The number of nitrogens with zero attached hydrogens (tertiary/aromatic N) is 1. The fraction of sp³-hybridized carbons (Fsp3) is 0.478. The Morgan fingerprint density at radius 2 is 1.75 bits per heavy atom. The normalized spacial score (nSPS) is 22.9. The van der Waals surface area contributed by atoms with Crippen molar-refractivity contribution in [2.45, 2.75) is 51.1 Å². The fourth-order valence-electron chi connectivity index (χ4n) is 4.59. The predicted molar refractivity (Wildman–Crippen MR) is 106 cm³/mol. The number of hydrogen-bond acceptors (Lipinski definition) is 3. The van der Waals surface area contributed by atoms with Gasteiger partial charge in [0.05, 0.1) is 24.8 Å². The molecule has 1 aromatic heterocycles. The minimum atomic E-state index is -0.166. The van der Waals surface area contributed by atoms with Gasteiger partial charge in [0.1, 0.15) is 5.76 Å². The molecule has 1 aliphatic heterocycles. The SMILES string of the molecule is O=C(NCc1ccco1)C1CCC(c2ccccc2)N(C(=O)C2CCCC2)C1. The third-order valence-corrected chi connectivity index (χ3v) is 6.14. The van der Waals surface area contributed by atoms with Crippen molar-refractivity contribution < 1.29 is 14.0 Å². The molecule has 4 rings (SSSR count). The average molecular weight is 380 g/mol. The largest absolute Gasteiger partial charge is 0.467 e. The van der Waals surface area contributed by atoms with Crippen LogP contribution in [0.4, 0.5) is 0 Å². The maximum absolute atomic E-state index is 13.3. The number of furan rings is 1. The smallest absolute Gasteiger partial charge is 0.226 e. The molecule has 0 bridgehead atoms. The Morgan fingerprint density at radius 1 is 0.964 bits per heavy atom. The molecule has 2 heterocycles. The molecule has 2 aliphatic rings. The zero-order valence-electron chi connectivity index (χ0n) is 16.2. The van der Waals surface area contributed by atoms with Gasteiger partial charge in [0.2, 0.25) is 11.8 Å². The standard InChI is InChI=1S/C23H28N2O3/c26-22(24-15-20-11-6-14-28-20)19-12-13-21(17-7-2-1-3-8-17)25(16-19)23(27)18-9-4-5-10-18/h1-3,6-8,11,14,18-19,21H,4-5,9-10,12-13,15-16H2,(H,24,26). The number of carbonyl (C=O) groups is 2.